The number of likely N-dealkylation sites (tertiary alicyclic amines) is 1. The lowest BCUT2D eigenvalue weighted by Gasteiger charge is -2.27. The zero-order valence-corrected chi connectivity index (χ0v) is 14.9. The van der Waals surface area contributed by atoms with Gasteiger partial charge in [-0.2, -0.15) is 0 Å². The van der Waals surface area contributed by atoms with E-state index in [0.717, 1.165) is 19.6 Å². The third-order valence-corrected chi connectivity index (χ3v) is 6.43. The average Bonchev–Trinajstić information content (AvgIpc) is 2.91. The number of Topliss-reactive ketones (excluding diaryl/α,β-unsaturated/α-hetero) is 1. The molecule has 0 aromatic heterocycles. The van der Waals surface area contributed by atoms with Crippen LogP contribution in [0.25, 0.3) is 0 Å². The highest BCUT2D eigenvalue weighted by molar-refractivity contribution is 7.88. The summed E-state index contributed by atoms with van der Waals surface area (Å²) >= 11 is 0. The quantitative estimate of drug-likeness (QED) is 0.742. The summed E-state index contributed by atoms with van der Waals surface area (Å²) in [6, 6.07) is 0. The number of carbonyl (C=O) groups is 1. The van der Waals surface area contributed by atoms with Crippen molar-refractivity contribution >= 4 is 15.8 Å². The number of piperidine rings is 1. The molecule has 2 heterocycles. The third-order valence-electron chi connectivity index (χ3n) is 5.19. The van der Waals surface area contributed by atoms with Crippen molar-refractivity contribution in [2.45, 2.75) is 39.5 Å². The van der Waals surface area contributed by atoms with Crippen LogP contribution in [-0.2, 0) is 14.8 Å². The summed E-state index contributed by atoms with van der Waals surface area (Å²) in [6.07, 6.45) is 5.56. The van der Waals surface area contributed by atoms with Gasteiger partial charge in [0.15, 0.2) is 0 Å². The molecule has 5 nitrogen and oxygen atoms in total. The van der Waals surface area contributed by atoms with Crippen molar-refractivity contribution in [1.82, 2.24) is 9.21 Å². The third kappa shape index (κ3) is 4.52. The van der Waals surface area contributed by atoms with Crippen LogP contribution in [0.3, 0.4) is 0 Å². The van der Waals surface area contributed by atoms with Gasteiger partial charge in [-0.3, -0.25) is 4.79 Å². The molecule has 0 spiro atoms. The van der Waals surface area contributed by atoms with Gasteiger partial charge in [0.25, 0.3) is 0 Å². The molecule has 0 radical (unpaired) electrons. The number of sulfonamides is 1. The lowest BCUT2D eigenvalue weighted by atomic mass is 9.83. The van der Waals surface area contributed by atoms with Crippen molar-refractivity contribution in [2.24, 2.45) is 17.8 Å². The molecule has 2 rings (SSSR count). The van der Waals surface area contributed by atoms with Crippen LogP contribution in [-0.4, -0.2) is 62.4 Å². The Morgan fingerprint density at radius 3 is 2.32 bits per heavy atom. The first kappa shape index (κ1) is 17.9. The van der Waals surface area contributed by atoms with Gasteiger partial charge in [-0.25, -0.2) is 12.7 Å². The largest absolute Gasteiger partial charge is 0.303 e. The van der Waals surface area contributed by atoms with Crippen LogP contribution in [0.5, 0.6) is 0 Å². The number of carbonyl (C=O) groups excluding carboxylic acids is 1. The maximum atomic E-state index is 12.6. The van der Waals surface area contributed by atoms with Gasteiger partial charge in [-0.05, 0) is 37.8 Å². The molecule has 0 saturated carbocycles. The summed E-state index contributed by atoms with van der Waals surface area (Å²) in [4.78, 5) is 15.0. The lowest BCUT2D eigenvalue weighted by Crippen LogP contribution is -2.34. The van der Waals surface area contributed by atoms with E-state index in [1.165, 1.54) is 29.8 Å². The lowest BCUT2D eigenvalue weighted by molar-refractivity contribution is -0.124. The second kappa shape index (κ2) is 7.41. The Kier molecular flexibility index (Phi) is 6.02. The fourth-order valence-electron chi connectivity index (χ4n) is 3.72. The van der Waals surface area contributed by atoms with Gasteiger partial charge in [0.1, 0.15) is 5.78 Å². The predicted octanol–water partition coefficient (Wildman–Crippen LogP) is 1.60. The Hall–Kier alpha value is -0.460. The predicted molar refractivity (Wildman–Crippen MR) is 88.1 cm³/mol. The highest BCUT2D eigenvalue weighted by atomic mass is 32.2. The first-order valence-corrected chi connectivity index (χ1v) is 10.3. The van der Waals surface area contributed by atoms with Gasteiger partial charge in [-0.1, -0.05) is 20.3 Å². The molecule has 2 saturated heterocycles. The summed E-state index contributed by atoms with van der Waals surface area (Å²) in [5.74, 6) is 0.606. The first-order chi connectivity index (χ1) is 10.3. The van der Waals surface area contributed by atoms with Crippen LogP contribution < -0.4 is 0 Å². The van der Waals surface area contributed by atoms with Crippen molar-refractivity contribution in [3.8, 4) is 0 Å². The van der Waals surface area contributed by atoms with E-state index in [1.807, 2.05) is 0 Å². The Balaban J connectivity index is 1.94. The van der Waals surface area contributed by atoms with Crippen molar-refractivity contribution in [3.63, 3.8) is 0 Å². The summed E-state index contributed by atoms with van der Waals surface area (Å²) in [6.45, 7) is 8.07. The fraction of sp³-hybridized carbons (Fsp3) is 0.938. The molecule has 6 heteroatoms. The van der Waals surface area contributed by atoms with Gasteiger partial charge in [0.2, 0.25) is 10.0 Å². The minimum absolute atomic E-state index is 0.125. The topological polar surface area (TPSA) is 57.7 Å². The van der Waals surface area contributed by atoms with Crippen LogP contribution >= 0.6 is 0 Å². The van der Waals surface area contributed by atoms with E-state index in [-0.39, 0.29) is 17.6 Å². The zero-order valence-electron chi connectivity index (χ0n) is 14.1. The molecule has 128 valence electrons. The molecule has 1 unspecified atom stereocenters. The summed E-state index contributed by atoms with van der Waals surface area (Å²) < 4.78 is 25.1. The Morgan fingerprint density at radius 1 is 1.14 bits per heavy atom. The minimum Gasteiger partial charge on any atom is -0.303 e. The number of nitrogens with zero attached hydrogens (tertiary/aromatic N) is 2. The maximum absolute atomic E-state index is 12.6. The van der Waals surface area contributed by atoms with Gasteiger partial charge in [-0.15, -0.1) is 0 Å². The highest BCUT2D eigenvalue weighted by Gasteiger charge is 2.41. The van der Waals surface area contributed by atoms with Crippen LogP contribution in [0.15, 0.2) is 0 Å². The van der Waals surface area contributed by atoms with Gasteiger partial charge >= 0.3 is 0 Å². The van der Waals surface area contributed by atoms with Crippen molar-refractivity contribution in [1.29, 1.82) is 0 Å². The van der Waals surface area contributed by atoms with E-state index >= 15 is 0 Å². The number of rotatable bonds is 6. The van der Waals surface area contributed by atoms with Gasteiger partial charge < -0.3 is 4.90 Å². The average molecular weight is 330 g/mol. The molecule has 22 heavy (non-hydrogen) atoms. The summed E-state index contributed by atoms with van der Waals surface area (Å²) in [5, 5.41) is 0. The van der Waals surface area contributed by atoms with Crippen molar-refractivity contribution < 1.29 is 13.2 Å². The maximum Gasteiger partial charge on any atom is 0.211 e. The smallest absolute Gasteiger partial charge is 0.211 e. The van der Waals surface area contributed by atoms with Crippen LogP contribution in [0.4, 0.5) is 0 Å². The Morgan fingerprint density at radius 2 is 1.77 bits per heavy atom. The molecule has 0 aromatic carbocycles. The molecular weight excluding hydrogens is 300 g/mol. The van der Waals surface area contributed by atoms with Crippen LogP contribution in [0, 0.1) is 17.8 Å². The molecule has 0 aromatic rings. The zero-order chi connectivity index (χ0) is 16.3. The monoisotopic (exact) mass is 330 g/mol. The van der Waals surface area contributed by atoms with E-state index in [0.29, 0.717) is 25.4 Å². The molecule has 2 aliphatic heterocycles. The summed E-state index contributed by atoms with van der Waals surface area (Å²) in [5.41, 5.74) is 0. The minimum atomic E-state index is -3.20. The van der Waals surface area contributed by atoms with Crippen LogP contribution in [0.2, 0.25) is 0 Å². The van der Waals surface area contributed by atoms with E-state index in [9.17, 15) is 13.2 Å². The molecular formula is C16H30N2O3S. The van der Waals surface area contributed by atoms with E-state index in [2.05, 4.69) is 18.7 Å². The number of hydrogen-bond acceptors (Lipinski definition) is 4. The second-order valence-corrected chi connectivity index (χ2v) is 9.20. The summed E-state index contributed by atoms with van der Waals surface area (Å²) in [7, 11) is -3.20. The standard InChI is InChI=1S/C16H30N2O3S/c1-13(2)14-11-18(22(3,20)21)12-15(14)16(19)7-10-17-8-5-4-6-9-17/h13-15H,4-12H2,1-3H3/t14-,15?/m1/s1. The normalized spacial score (nSPS) is 28.4. The van der Waals surface area contributed by atoms with Crippen LogP contribution in [0.1, 0.15) is 39.5 Å². The number of hydrogen-bond donors (Lipinski definition) is 0. The van der Waals surface area contributed by atoms with E-state index in [1.54, 1.807) is 0 Å². The molecule has 2 atom stereocenters. The molecule has 2 fully saturated rings. The van der Waals surface area contributed by atoms with E-state index in [4.69, 9.17) is 0 Å². The Bertz CT molecular complexity index is 484. The van der Waals surface area contributed by atoms with Gasteiger partial charge in [0, 0.05) is 32.0 Å². The molecule has 0 bridgehead atoms. The van der Waals surface area contributed by atoms with E-state index < -0.39 is 10.0 Å². The SMILES string of the molecule is CC(C)[C@H]1CN(S(C)(=O)=O)CC1C(=O)CCN1CCCCC1. The first-order valence-electron chi connectivity index (χ1n) is 8.49. The molecule has 0 aliphatic carbocycles. The van der Waals surface area contributed by atoms with Crippen molar-refractivity contribution in [2.75, 3.05) is 39.0 Å². The molecule has 2 aliphatic rings. The Labute approximate surface area is 135 Å². The molecule has 0 N–H and O–H groups in total. The highest BCUT2D eigenvalue weighted by Crippen LogP contribution is 2.32. The fourth-order valence-corrected chi connectivity index (χ4v) is 4.59. The number of ketones is 1. The van der Waals surface area contributed by atoms with Gasteiger partial charge in [0.05, 0.1) is 6.26 Å². The second-order valence-electron chi connectivity index (χ2n) is 7.21. The molecule has 0 amide bonds. The van der Waals surface area contributed by atoms with Crippen molar-refractivity contribution in [3.05, 3.63) is 0 Å².